The predicted molar refractivity (Wildman–Crippen MR) is 106 cm³/mol. The van der Waals surface area contributed by atoms with Crippen LogP contribution >= 0.6 is 0 Å². The van der Waals surface area contributed by atoms with E-state index in [-0.39, 0.29) is 11.2 Å². The number of unbranched alkanes of at least 4 members (excludes halogenated alkanes) is 9. The Morgan fingerprint density at radius 2 is 1.08 bits per heavy atom. The lowest BCUT2D eigenvalue weighted by molar-refractivity contribution is -0.925. The molecule has 0 heterocycles. The minimum Gasteiger partial charge on any atom is -0.870 e. The van der Waals surface area contributed by atoms with E-state index in [2.05, 4.69) is 20.8 Å². The number of quaternary nitrogens is 1. The van der Waals surface area contributed by atoms with Gasteiger partial charge < -0.3 is 9.96 Å². The summed E-state index contributed by atoms with van der Waals surface area (Å²) in [5.74, 6) is -0.106. The molecular formula is C19H43NO4S. The second kappa shape index (κ2) is 16.0. The van der Waals surface area contributed by atoms with Gasteiger partial charge in [0.2, 0.25) is 0 Å². The first-order valence-corrected chi connectivity index (χ1v) is 11.8. The molecule has 0 unspecified atom stereocenters. The highest BCUT2D eigenvalue weighted by atomic mass is 32.2. The zero-order valence-corrected chi connectivity index (χ0v) is 17.7. The SMILES string of the molecule is CCCCCCCCCCCC[N+](CC)(CC)CCCS(=O)(=O)O.[OH-]. The first-order valence-electron chi connectivity index (χ1n) is 10.2. The monoisotopic (exact) mass is 381 g/mol. The van der Waals surface area contributed by atoms with Gasteiger partial charge in [-0.05, 0) is 26.7 Å². The quantitative estimate of drug-likeness (QED) is 0.221. The summed E-state index contributed by atoms with van der Waals surface area (Å²) in [6.45, 7) is 10.7. The average Bonchev–Trinajstić information content (AvgIpc) is 2.54. The molecule has 2 N–H and O–H groups in total. The second-order valence-electron chi connectivity index (χ2n) is 7.24. The Balaban J connectivity index is 0. The molecule has 0 aliphatic heterocycles. The molecule has 0 rings (SSSR count). The summed E-state index contributed by atoms with van der Waals surface area (Å²) in [4.78, 5) is 0. The van der Waals surface area contributed by atoms with Crippen LogP contribution in [0.3, 0.4) is 0 Å². The summed E-state index contributed by atoms with van der Waals surface area (Å²) >= 11 is 0. The van der Waals surface area contributed by atoms with Crippen LogP contribution in [0.4, 0.5) is 0 Å². The molecule has 0 fully saturated rings. The van der Waals surface area contributed by atoms with Crippen molar-refractivity contribution in [3.63, 3.8) is 0 Å². The van der Waals surface area contributed by atoms with Crippen LogP contribution in [0.2, 0.25) is 0 Å². The van der Waals surface area contributed by atoms with Gasteiger partial charge in [0.15, 0.2) is 0 Å². The van der Waals surface area contributed by atoms with E-state index in [4.69, 9.17) is 4.55 Å². The van der Waals surface area contributed by atoms with Gasteiger partial charge in [-0.1, -0.05) is 58.3 Å². The fraction of sp³-hybridized carbons (Fsp3) is 1.00. The molecule has 0 amide bonds. The topological polar surface area (TPSA) is 84.4 Å². The van der Waals surface area contributed by atoms with Gasteiger partial charge in [-0.3, -0.25) is 4.55 Å². The smallest absolute Gasteiger partial charge is 0.265 e. The number of nitrogens with zero attached hydrogens (tertiary/aromatic N) is 1. The lowest BCUT2D eigenvalue weighted by atomic mass is 10.1. The van der Waals surface area contributed by atoms with Crippen LogP contribution in [0.5, 0.6) is 0 Å². The molecular weight excluding hydrogens is 338 g/mol. The molecule has 0 saturated heterocycles. The van der Waals surface area contributed by atoms with Crippen LogP contribution in [-0.2, 0) is 10.1 Å². The minimum atomic E-state index is -3.82. The van der Waals surface area contributed by atoms with Crippen molar-refractivity contribution < 1.29 is 22.9 Å². The fourth-order valence-electron chi connectivity index (χ4n) is 3.48. The fourth-order valence-corrected chi connectivity index (χ4v) is 3.98. The molecule has 0 aromatic heterocycles. The summed E-state index contributed by atoms with van der Waals surface area (Å²) in [6, 6.07) is 0. The molecule has 0 aliphatic rings. The standard InChI is InChI=1S/C19H41NO3S.H2O/c1-4-7-8-9-10-11-12-13-14-15-17-20(5-2,6-3)18-16-19-24(21,22)23;/h4-19H2,1-3H3;1H2. The maximum atomic E-state index is 10.9. The Labute approximate surface area is 156 Å². The minimum absolute atomic E-state index is 0. The largest absolute Gasteiger partial charge is 0.870 e. The summed E-state index contributed by atoms with van der Waals surface area (Å²) in [7, 11) is -3.82. The van der Waals surface area contributed by atoms with Crippen molar-refractivity contribution in [1.82, 2.24) is 0 Å². The molecule has 6 heteroatoms. The van der Waals surface area contributed by atoms with Crippen molar-refractivity contribution in [2.45, 2.75) is 91.4 Å². The molecule has 0 aromatic carbocycles. The highest BCUT2D eigenvalue weighted by molar-refractivity contribution is 7.85. The van der Waals surface area contributed by atoms with E-state index in [1.54, 1.807) is 0 Å². The van der Waals surface area contributed by atoms with Crippen molar-refractivity contribution >= 4 is 10.1 Å². The van der Waals surface area contributed by atoms with Crippen LogP contribution in [0.15, 0.2) is 0 Å². The van der Waals surface area contributed by atoms with Crippen LogP contribution in [0, 0.1) is 0 Å². The summed E-state index contributed by atoms with van der Waals surface area (Å²) in [6.07, 6.45) is 14.0. The number of hydrogen-bond acceptors (Lipinski definition) is 3. The Morgan fingerprint density at radius 3 is 1.48 bits per heavy atom. The lowest BCUT2D eigenvalue weighted by Gasteiger charge is -2.37. The molecule has 0 radical (unpaired) electrons. The van der Waals surface area contributed by atoms with Gasteiger partial charge in [0.25, 0.3) is 10.1 Å². The van der Waals surface area contributed by atoms with Gasteiger partial charge in [0.1, 0.15) is 0 Å². The van der Waals surface area contributed by atoms with E-state index < -0.39 is 10.1 Å². The van der Waals surface area contributed by atoms with E-state index in [0.717, 1.165) is 30.7 Å². The molecule has 0 aliphatic carbocycles. The molecule has 0 bridgehead atoms. The van der Waals surface area contributed by atoms with Gasteiger partial charge in [-0.25, -0.2) is 0 Å². The third-order valence-corrected chi connectivity index (χ3v) is 6.17. The van der Waals surface area contributed by atoms with Gasteiger partial charge in [0, 0.05) is 6.42 Å². The highest BCUT2D eigenvalue weighted by Gasteiger charge is 2.23. The van der Waals surface area contributed by atoms with Crippen LogP contribution < -0.4 is 0 Å². The van der Waals surface area contributed by atoms with Crippen molar-refractivity contribution in [3.05, 3.63) is 0 Å². The third-order valence-electron chi connectivity index (χ3n) is 5.36. The predicted octanol–water partition coefficient (Wildman–Crippen LogP) is 4.87. The first-order chi connectivity index (χ1) is 11.4. The first kappa shape index (κ1) is 27.1. The molecule has 25 heavy (non-hydrogen) atoms. The van der Waals surface area contributed by atoms with E-state index in [0.29, 0.717) is 6.42 Å². The molecule has 0 atom stereocenters. The highest BCUT2D eigenvalue weighted by Crippen LogP contribution is 2.14. The summed E-state index contributed by atoms with van der Waals surface area (Å²) in [5.41, 5.74) is 0. The van der Waals surface area contributed by atoms with Crippen LogP contribution in [0.1, 0.15) is 91.4 Å². The number of rotatable bonds is 17. The van der Waals surface area contributed by atoms with Gasteiger partial charge >= 0.3 is 0 Å². The van der Waals surface area contributed by atoms with Crippen LogP contribution in [-0.4, -0.2) is 54.9 Å². The number of hydrogen-bond donors (Lipinski definition) is 1. The lowest BCUT2D eigenvalue weighted by Crippen LogP contribution is -2.49. The van der Waals surface area contributed by atoms with Crippen LogP contribution in [0.25, 0.3) is 0 Å². The van der Waals surface area contributed by atoms with Gasteiger partial charge in [-0.15, -0.1) is 0 Å². The van der Waals surface area contributed by atoms with Gasteiger partial charge in [-0.2, -0.15) is 8.42 Å². The van der Waals surface area contributed by atoms with E-state index >= 15 is 0 Å². The second-order valence-corrected chi connectivity index (χ2v) is 8.81. The Hall–Kier alpha value is -0.170. The van der Waals surface area contributed by atoms with E-state index in [1.807, 2.05) is 0 Å². The zero-order chi connectivity index (χ0) is 18.3. The Morgan fingerprint density at radius 1 is 0.680 bits per heavy atom. The maximum Gasteiger partial charge on any atom is 0.265 e. The normalized spacial score (nSPS) is 12.2. The average molecular weight is 382 g/mol. The summed E-state index contributed by atoms with van der Waals surface area (Å²) < 4.78 is 31.6. The van der Waals surface area contributed by atoms with E-state index in [9.17, 15) is 8.42 Å². The molecule has 0 saturated carbocycles. The van der Waals surface area contributed by atoms with Gasteiger partial charge in [0.05, 0.1) is 31.9 Å². The maximum absolute atomic E-state index is 10.9. The van der Waals surface area contributed by atoms with Crippen molar-refractivity contribution in [1.29, 1.82) is 0 Å². The van der Waals surface area contributed by atoms with Crippen molar-refractivity contribution in [2.24, 2.45) is 0 Å². The van der Waals surface area contributed by atoms with Crippen molar-refractivity contribution in [2.75, 3.05) is 31.9 Å². The Kier molecular flexibility index (Phi) is 17.4. The molecule has 0 aromatic rings. The molecule has 5 nitrogen and oxygen atoms in total. The molecule has 154 valence electrons. The third kappa shape index (κ3) is 15.8. The molecule has 0 spiro atoms. The zero-order valence-electron chi connectivity index (χ0n) is 16.9. The van der Waals surface area contributed by atoms with E-state index in [1.165, 1.54) is 64.2 Å². The summed E-state index contributed by atoms with van der Waals surface area (Å²) in [5, 5.41) is 0. The Bertz CT molecular complexity index is 381. The van der Waals surface area contributed by atoms with Crippen molar-refractivity contribution in [3.8, 4) is 0 Å².